The minimum atomic E-state index is -3.99. The third-order valence-corrected chi connectivity index (χ3v) is 7.60. The molecule has 0 atom stereocenters. The molecule has 12 heteroatoms. The Morgan fingerprint density at radius 1 is 1.15 bits per heavy atom. The van der Waals surface area contributed by atoms with Gasteiger partial charge in [-0.25, -0.2) is 17.5 Å². The SMILES string of the molecule is Cc1cc(NC(=O)C2CCN(S(=O)(=O)c3ccccc3F)CC2)n(-c2ccc([N+](=O)[O-])cc2)n1. The van der Waals surface area contributed by atoms with Crippen LogP contribution in [-0.4, -0.2) is 46.4 Å². The van der Waals surface area contributed by atoms with E-state index in [1.54, 1.807) is 13.0 Å². The first-order valence-electron chi connectivity index (χ1n) is 10.5. The lowest BCUT2D eigenvalue weighted by Gasteiger charge is -2.30. The van der Waals surface area contributed by atoms with Gasteiger partial charge < -0.3 is 5.32 Å². The van der Waals surface area contributed by atoms with Gasteiger partial charge in [0.05, 0.1) is 16.3 Å². The maximum Gasteiger partial charge on any atom is 0.269 e. The van der Waals surface area contributed by atoms with Crippen molar-refractivity contribution in [3.8, 4) is 5.69 Å². The quantitative estimate of drug-likeness (QED) is 0.420. The van der Waals surface area contributed by atoms with Crippen LogP contribution in [0.2, 0.25) is 0 Å². The second-order valence-corrected chi connectivity index (χ2v) is 9.86. The largest absolute Gasteiger partial charge is 0.310 e. The van der Waals surface area contributed by atoms with E-state index in [1.807, 2.05) is 0 Å². The molecule has 1 fully saturated rings. The summed E-state index contributed by atoms with van der Waals surface area (Å²) in [4.78, 5) is 22.9. The molecule has 2 heterocycles. The number of amides is 1. The zero-order valence-electron chi connectivity index (χ0n) is 18.2. The minimum Gasteiger partial charge on any atom is -0.310 e. The summed E-state index contributed by atoms with van der Waals surface area (Å²) in [6.07, 6.45) is 0.564. The van der Waals surface area contributed by atoms with Gasteiger partial charge in [-0.3, -0.25) is 14.9 Å². The zero-order chi connectivity index (χ0) is 24.5. The molecule has 0 spiro atoms. The topological polar surface area (TPSA) is 127 Å². The Morgan fingerprint density at radius 2 is 1.79 bits per heavy atom. The number of nitro benzene ring substituents is 1. The Hall–Kier alpha value is -3.64. The van der Waals surface area contributed by atoms with Crippen LogP contribution in [0.4, 0.5) is 15.9 Å². The molecule has 1 aliphatic heterocycles. The molecule has 0 unspecified atom stereocenters. The number of hydrogen-bond acceptors (Lipinski definition) is 6. The number of nitrogens with one attached hydrogen (secondary N) is 1. The maximum absolute atomic E-state index is 14.0. The van der Waals surface area contributed by atoms with Gasteiger partial charge in [-0.1, -0.05) is 12.1 Å². The van der Waals surface area contributed by atoms with Gasteiger partial charge in [0.15, 0.2) is 0 Å². The van der Waals surface area contributed by atoms with E-state index in [0.717, 1.165) is 6.07 Å². The van der Waals surface area contributed by atoms with Gasteiger partial charge in [-0.05, 0) is 44.0 Å². The molecular weight excluding hydrogens is 465 g/mol. The molecule has 1 aliphatic rings. The summed E-state index contributed by atoms with van der Waals surface area (Å²) >= 11 is 0. The van der Waals surface area contributed by atoms with Gasteiger partial charge in [-0.15, -0.1) is 0 Å². The highest BCUT2D eigenvalue weighted by molar-refractivity contribution is 7.89. The maximum atomic E-state index is 14.0. The fourth-order valence-corrected chi connectivity index (χ4v) is 5.42. The fraction of sp³-hybridized carbons (Fsp3) is 0.273. The summed E-state index contributed by atoms with van der Waals surface area (Å²) in [5.74, 6) is -1.13. The number of non-ortho nitro benzene ring substituents is 1. The number of piperidine rings is 1. The van der Waals surface area contributed by atoms with Crippen LogP contribution in [0, 0.1) is 28.8 Å². The Kier molecular flexibility index (Phi) is 6.44. The molecule has 1 amide bonds. The van der Waals surface area contributed by atoms with Crippen molar-refractivity contribution in [1.82, 2.24) is 14.1 Å². The van der Waals surface area contributed by atoms with Crippen molar-refractivity contribution in [1.29, 1.82) is 0 Å². The zero-order valence-corrected chi connectivity index (χ0v) is 19.0. The normalized spacial score (nSPS) is 15.2. The molecule has 0 radical (unpaired) electrons. The molecule has 0 bridgehead atoms. The van der Waals surface area contributed by atoms with Crippen LogP contribution in [0.15, 0.2) is 59.5 Å². The van der Waals surface area contributed by atoms with E-state index >= 15 is 0 Å². The third kappa shape index (κ3) is 4.68. The van der Waals surface area contributed by atoms with Gasteiger partial charge >= 0.3 is 0 Å². The number of aromatic nitrogens is 2. The van der Waals surface area contributed by atoms with Gasteiger partial charge in [0.25, 0.3) is 5.69 Å². The number of nitrogens with zero attached hydrogens (tertiary/aromatic N) is 4. The van der Waals surface area contributed by atoms with Crippen molar-refractivity contribution in [2.75, 3.05) is 18.4 Å². The molecule has 1 saturated heterocycles. The van der Waals surface area contributed by atoms with Crippen LogP contribution in [0.1, 0.15) is 18.5 Å². The summed E-state index contributed by atoms with van der Waals surface area (Å²) in [5, 5.41) is 18.1. The highest BCUT2D eigenvalue weighted by Crippen LogP contribution is 2.27. The number of sulfonamides is 1. The average Bonchev–Trinajstić information content (AvgIpc) is 3.19. The molecule has 2 aromatic carbocycles. The monoisotopic (exact) mass is 487 g/mol. The van der Waals surface area contributed by atoms with Crippen molar-refractivity contribution in [2.45, 2.75) is 24.7 Å². The summed E-state index contributed by atoms with van der Waals surface area (Å²) < 4.78 is 42.2. The molecule has 10 nitrogen and oxygen atoms in total. The number of benzene rings is 2. The van der Waals surface area contributed by atoms with Crippen LogP contribution in [0.25, 0.3) is 5.69 Å². The van der Waals surface area contributed by atoms with Crippen molar-refractivity contribution < 1.29 is 22.5 Å². The first kappa shape index (κ1) is 23.5. The first-order valence-corrected chi connectivity index (χ1v) is 12.0. The van der Waals surface area contributed by atoms with E-state index in [4.69, 9.17) is 0 Å². The van der Waals surface area contributed by atoms with Crippen molar-refractivity contribution in [3.05, 3.63) is 76.2 Å². The van der Waals surface area contributed by atoms with Crippen molar-refractivity contribution >= 4 is 27.4 Å². The summed E-state index contributed by atoms with van der Waals surface area (Å²) in [6, 6.07) is 12.7. The highest BCUT2D eigenvalue weighted by atomic mass is 32.2. The molecule has 3 aromatic rings. The first-order chi connectivity index (χ1) is 16.2. The van der Waals surface area contributed by atoms with Crippen LogP contribution >= 0.6 is 0 Å². The molecule has 0 saturated carbocycles. The molecule has 178 valence electrons. The number of hydrogen-bond donors (Lipinski definition) is 1. The van der Waals surface area contributed by atoms with E-state index < -0.39 is 26.7 Å². The minimum absolute atomic E-state index is 0.0599. The van der Waals surface area contributed by atoms with Crippen molar-refractivity contribution in [3.63, 3.8) is 0 Å². The number of anilines is 1. The van der Waals surface area contributed by atoms with E-state index in [9.17, 15) is 27.7 Å². The van der Waals surface area contributed by atoms with Gasteiger partial charge in [-0.2, -0.15) is 9.40 Å². The van der Waals surface area contributed by atoms with E-state index in [1.165, 1.54) is 51.5 Å². The highest BCUT2D eigenvalue weighted by Gasteiger charge is 2.33. The molecular formula is C22H22FN5O5S. The summed E-state index contributed by atoms with van der Waals surface area (Å²) in [7, 11) is -3.99. The number of aryl methyl sites for hydroxylation is 1. The second-order valence-electron chi connectivity index (χ2n) is 7.95. The smallest absolute Gasteiger partial charge is 0.269 e. The number of rotatable bonds is 6. The van der Waals surface area contributed by atoms with Crippen LogP contribution < -0.4 is 5.32 Å². The van der Waals surface area contributed by atoms with Gasteiger partial charge in [0.2, 0.25) is 15.9 Å². The van der Waals surface area contributed by atoms with E-state index in [-0.39, 0.29) is 42.4 Å². The Bertz CT molecular complexity index is 1330. The molecule has 1 N–H and O–H groups in total. The fourth-order valence-electron chi connectivity index (χ4n) is 3.88. The molecule has 34 heavy (non-hydrogen) atoms. The van der Waals surface area contributed by atoms with Crippen LogP contribution in [0.5, 0.6) is 0 Å². The van der Waals surface area contributed by atoms with E-state index in [2.05, 4.69) is 10.4 Å². The lowest BCUT2D eigenvalue weighted by Crippen LogP contribution is -2.41. The number of halogens is 1. The van der Waals surface area contributed by atoms with Gasteiger partial charge in [0.1, 0.15) is 16.5 Å². The number of nitro groups is 1. The molecule has 4 rings (SSSR count). The lowest BCUT2D eigenvalue weighted by atomic mass is 9.97. The summed E-state index contributed by atoms with van der Waals surface area (Å²) in [6.45, 7) is 1.94. The predicted octanol–water partition coefficient (Wildman–Crippen LogP) is 3.27. The lowest BCUT2D eigenvalue weighted by molar-refractivity contribution is -0.384. The molecule has 1 aromatic heterocycles. The van der Waals surface area contributed by atoms with Gasteiger partial charge in [0, 0.05) is 37.2 Å². The van der Waals surface area contributed by atoms with Crippen LogP contribution in [-0.2, 0) is 14.8 Å². The molecule has 0 aliphatic carbocycles. The average molecular weight is 488 g/mol. The van der Waals surface area contributed by atoms with Crippen LogP contribution in [0.3, 0.4) is 0 Å². The predicted molar refractivity (Wildman–Crippen MR) is 121 cm³/mol. The Labute approximate surface area is 195 Å². The standard InChI is InChI=1S/C22H22FN5O5S/c1-15-14-21(27(25-15)17-6-8-18(9-7-17)28(30)31)24-22(29)16-10-12-26(13-11-16)34(32,33)20-5-3-2-4-19(20)23/h2-9,14,16H,10-13H2,1H3,(H,24,29). The van der Waals surface area contributed by atoms with E-state index in [0.29, 0.717) is 17.2 Å². The number of carbonyl (C=O) groups is 1. The second kappa shape index (κ2) is 9.31. The van der Waals surface area contributed by atoms with Crippen molar-refractivity contribution in [2.24, 2.45) is 5.92 Å². The Morgan fingerprint density at radius 3 is 2.41 bits per heavy atom. The summed E-state index contributed by atoms with van der Waals surface area (Å²) in [5.41, 5.74) is 1.12. The number of carbonyl (C=O) groups excluding carboxylic acids is 1. The Balaban J connectivity index is 1.44. The third-order valence-electron chi connectivity index (χ3n) is 5.67.